The van der Waals surface area contributed by atoms with Gasteiger partial charge in [0, 0.05) is 53.3 Å². The molecule has 2 N–H and O–H groups in total. The zero-order valence-electron chi connectivity index (χ0n) is 17.4. The fourth-order valence-electron chi connectivity index (χ4n) is 3.36. The Morgan fingerprint density at radius 2 is 2.09 bits per heavy atom. The highest BCUT2D eigenvalue weighted by molar-refractivity contribution is 7.13. The summed E-state index contributed by atoms with van der Waals surface area (Å²) in [6.45, 7) is 1.67. The Labute approximate surface area is 187 Å². The highest BCUT2D eigenvalue weighted by Gasteiger charge is 2.19. The van der Waals surface area contributed by atoms with Crippen LogP contribution in [0.25, 0.3) is 16.4 Å². The molecule has 3 heterocycles. The Kier molecular flexibility index (Phi) is 6.42. The molecule has 4 aromatic rings. The number of nitrogens with one attached hydrogen (secondary N) is 1. The lowest BCUT2D eigenvalue weighted by molar-refractivity contribution is 0.152. The molecule has 0 unspecified atom stereocenters. The number of rotatable bonds is 8. The number of hydrogen-bond acceptors (Lipinski definition) is 7. The van der Waals surface area contributed by atoms with E-state index >= 15 is 0 Å². The van der Waals surface area contributed by atoms with Crippen molar-refractivity contribution in [3.05, 3.63) is 64.9 Å². The number of methoxy groups -OCH3 is 1. The number of aliphatic hydroxyl groups excluding tert-OH is 1. The van der Waals surface area contributed by atoms with Crippen LogP contribution in [0.1, 0.15) is 23.2 Å². The first-order chi connectivity index (χ1) is 15.5. The maximum Gasteiger partial charge on any atom is 0.265 e. The molecular formula is C22H21F2N5O2S. The van der Waals surface area contributed by atoms with Crippen LogP contribution >= 0.6 is 11.3 Å². The maximum atomic E-state index is 13.7. The van der Waals surface area contributed by atoms with Crippen LogP contribution in [0.15, 0.2) is 48.1 Å². The molecule has 0 saturated carbocycles. The van der Waals surface area contributed by atoms with E-state index < -0.39 is 6.43 Å². The second-order valence-corrected chi connectivity index (χ2v) is 7.84. The maximum absolute atomic E-state index is 13.7. The predicted molar refractivity (Wildman–Crippen MR) is 119 cm³/mol. The van der Waals surface area contributed by atoms with E-state index in [0.717, 1.165) is 5.01 Å². The molecule has 0 amide bonds. The molecule has 0 atom stereocenters. The van der Waals surface area contributed by atoms with Crippen LogP contribution in [0.5, 0.6) is 5.75 Å². The Bertz CT molecular complexity index is 1210. The van der Waals surface area contributed by atoms with E-state index in [9.17, 15) is 13.9 Å². The highest BCUT2D eigenvalue weighted by atomic mass is 32.1. The van der Waals surface area contributed by atoms with Crippen LogP contribution in [-0.4, -0.2) is 38.6 Å². The van der Waals surface area contributed by atoms with Crippen LogP contribution in [-0.2, 0) is 6.42 Å². The molecule has 0 bridgehead atoms. The zero-order chi connectivity index (χ0) is 22.7. The van der Waals surface area contributed by atoms with E-state index in [4.69, 9.17) is 4.74 Å². The van der Waals surface area contributed by atoms with Gasteiger partial charge in [0.1, 0.15) is 22.3 Å². The number of aryl methyl sites for hydroxylation is 1. The van der Waals surface area contributed by atoms with Crippen molar-refractivity contribution in [1.29, 1.82) is 0 Å². The van der Waals surface area contributed by atoms with E-state index in [1.807, 2.05) is 24.4 Å². The van der Waals surface area contributed by atoms with Crippen molar-refractivity contribution in [3.8, 4) is 22.1 Å². The fourth-order valence-corrected chi connectivity index (χ4v) is 3.96. The Morgan fingerprint density at radius 1 is 1.25 bits per heavy atom. The number of aromatic nitrogens is 4. The minimum atomic E-state index is -2.70. The SMILES string of the molecule is COc1ccc(Nc2nc(C)cc(-n3ccc(-c4nccs4)n3)c2CCO)c(C(F)F)c1. The second kappa shape index (κ2) is 9.41. The summed E-state index contributed by atoms with van der Waals surface area (Å²) in [5, 5.41) is 20.0. The van der Waals surface area contributed by atoms with Gasteiger partial charge in [-0.25, -0.2) is 23.4 Å². The van der Waals surface area contributed by atoms with Crippen molar-refractivity contribution in [2.45, 2.75) is 19.8 Å². The van der Waals surface area contributed by atoms with Crippen molar-refractivity contribution < 1.29 is 18.6 Å². The fraction of sp³-hybridized carbons (Fsp3) is 0.227. The number of hydrogen-bond donors (Lipinski definition) is 2. The van der Waals surface area contributed by atoms with E-state index in [1.165, 1.54) is 30.6 Å². The topological polar surface area (TPSA) is 85.1 Å². The molecule has 0 aliphatic carbocycles. The Balaban J connectivity index is 1.78. The number of nitrogens with zero attached hydrogens (tertiary/aromatic N) is 4. The molecule has 0 spiro atoms. The van der Waals surface area contributed by atoms with Crippen LogP contribution in [0, 0.1) is 6.92 Å². The summed E-state index contributed by atoms with van der Waals surface area (Å²) >= 11 is 1.48. The molecule has 7 nitrogen and oxygen atoms in total. The third kappa shape index (κ3) is 4.46. The number of anilines is 2. The van der Waals surface area contributed by atoms with Crippen molar-refractivity contribution in [3.63, 3.8) is 0 Å². The molecule has 0 aliphatic heterocycles. The first-order valence-corrected chi connectivity index (χ1v) is 10.7. The normalized spacial score (nSPS) is 11.2. The molecule has 32 heavy (non-hydrogen) atoms. The average molecular weight is 458 g/mol. The lowest BCUT2D eigenvalue weighted by atomic mass is 10.1. The second-order valence-electron chi connectivity index (χ2n) is 6.95. The van der Waals surface area contributed by atoms with Gasteiger partial charge in [-0.3, -0.25) is 0 Å². The molecule has 4 rings (SSSR count). The molecule has 0 radical (unpaired) electrons. The van der Waals surface area contributed by atoms with Gasteiger partial charge in [-0.15, -0.1) is 11.3 Å². The Hall–Kier alpha value is -3.37. The predicted octanol–water partition coefficient (Wildman–Crippen LogP) is 4.92. The summed E-state index contributed by atoms with van der Waals surface area (Å²) in [7, 11) is 1.43. The molecular weight excluding hydrogens is 436 g/mol. The molecule has 0 fully saturated rings. The molecule has 0 aliphatic rings. The standard InChI is InChI=1S/C22H21F2N5O2S/c1-13-11-19(29-8-5-18(28-29)22-25-7-10-32-22)15(6-9-30)21(26-13)27-17-4-3-14(31-2)12-16(17)20(23)24/h3-5,7-8,10-12,20,30H,6,9H2,1-2H3,(H,26,27). The molecule has 0 saturated heterocycles. The molecule has 10 heteroatoms. The van der Waals surface area contributed by atoms with Gasteiger partial charge in [0.25, 0.3) is 6.43 Å². The van der Waals surface area contributed by atoms with Crippen molar-refractivity contribution in [1.82, 2.24) is 19.7 Å². The number of halogens is 2. The number of thiazole rings is 1. The Morgan fingerprint density at radius 3 is 2.78 bits per heavy atom. The zero-order valence-corrected chi connectivity index (χ0v) is 18.2. The van der Waals surface area contributed by atoms with Crippen LogP contribution < -0.4 is 10.1 Å². The van der Waals surface area contributed by atoms with Crippen LogP contribution in [0.2, 0.25) is 0 Å². The van der Waals surface area contributed by atoms with E-state index in [0.29, 0.717) is 34.2 Å². The number of alkyl halides is 2. The van der Waals surface area contributed by atoms with Gasteiger partial charge >= 0.3 is 0 Å². The third-order valence-electron chi connectivity index (χ3n) is 4.82. The summed E-state index contributed by atoms with van der Waals surface area (Å²) in [6, 6.07) is 8.12. The van der Waals surface area contributed by atoms with Crippen molar-refractivity contribution in [2.24, 2.45) is 0 Å². The monoisotopic (exact) mass is 457 g/mol. The lowest BCUT2D eigenvalue weighted by Crippen LogP contribution is -2.10. The van der Waals surface area contributed by atoms with Crippen LogP contribution in [0.4, 0.5) is 20.3 Å². The number of benzene rings is 1. The largest absolute Gasteiger partial charge is 0.497 e. The van der Waals surface area contributed by atoms with E-state index in [-0.39, 0.29) is 24.3 Å². The van der Waals surface area contributed by atoms with E-state index in [2.05, 4.69) is 20.4 Å². The number of ether oxygens (including phenoxy) is 1. The quantitative estimate of drug-likeness (QED) is 0.391. The summed E-state index contributed by atoms with van der Waals surface area (Å²) < 4.78 is 34.1. The van der Waals surface area contributed by atoms with Gasteiger partial charge in [0.15, 0.2) is 0 Å². The minimum Gasteiger partial charge on any atom is -0.497 e. The van der Waals surface area contributed by atoms with Gasteiger partial charge in [0.05, 0.1) is 12.8 Å². The first-order valence-electron chi connectivity index (χ1n) is 9.80. The highest BCUT2D eigenvalue weighted by Crippen LogP contribution is 2.34. The van der Waals surface area contributed by atoms with Gasteiger partial charge in [-0.1, -0.05) is 0 Å². The van der Waals surface area contributed by atoms with Crippen LogP contribution in [0.3, 0.4) is 0 Å². The molecule has 166 valence electrons. The summed E-state index contributed by atoms with van der Waals surface area (Å²) in [5.74, 6) is 0.720. The molecule has 3 aromatic heterocycles. The van der Waals surface area contributed by atoms with Gasteiger partial charge < -0.3 is 15.2 Å². The number of aliphatic hydroxyl groups is 1. The third-order valence-corrected chi connectivity index (χ3v) is 5.62. The van der Waals surface area contributed by atoms with Crippen molar-refractivity contribution >= 4 is 22.8 Å². The number of pyridine rings is 1. The summed E-state index contributed by atoms with van der Waals surface area (Å²) in [6.07, 6.45) is 1.07. The minimum absolute atomic E-state index is 0.142. The van der Waals surface area contributed by atoms with Gasteiger partial charge in [-0.2, -0.15) is 5.10 Å². The summed E-state index contributed by atoms with van der Waals surface area (Å²) in [4.78, 5) is 8.80. The summed E-state index contributed by atoms with van der Waals surface area (Å²) in [5.41, 5.74) is 2.76. The van der Waals surface area contributed by atoms with E-state index in [1.54, 1.807) is 23.1 Å². The average Bonchev–Trinajstić information content (AvgIpc) is 3.47. The van der Waals surface area contributed by atoms with Gasteiger partial charge in [-0.05, 0) is 37.3 Å². The lowest BCUT2D eigenvalue weighted by Gasteiger charge is -2.18. The smallest absolute Gasteiger partial charge is 0.265 e. The molecule has 1 aromatic carbocycles. The van der Waals surface area contributed by atoms with Crippen molar-refractivity contribution in [2.75, 3.05) is 19.0 Å². The van der Waals surface area contributed by atoms with Gasteiger partial charge in [0.2, 0.25) is 0 Å². The first kappa shape index (κ1) is 21.8.